The van der Waals surface area contributed by atoms with Crippen molar-refractivity contribution in [3.8, 4) is 0 Å². The second-order valence-corrected chi connectivity index (χ2v) is 6.16. The van der Waals surface area contributed by atoms with Gasteiger partial charge in [0, 0.05) is 21.5 Å². The van der Waals surface area contributed by atoms with Crippen LogP contribution in [0.4, 0.5) is 0 Å². The van der Waals surface area contributed by atoms with Gasteiger partial charge in [0.1, 0.15) is 0 Å². The molecule has 0 aliphatic rings. The Hall–Kier alpha value is -1.64. The predicted octanol–water partition coefficient (Wildman–Crippen LogP) is 5.68. The van der Waals surface area contributed by atoms with E-state index in [9.17, 15) is 4.79 Å². The van der Waals surface area contributed by atoms with Crippen LogP contribution in [-0.4, -0.2) is 5.78 Å². The third-order valence-corrected chi connectivity index (χ3v) is 4.39. The first-order chi connectivity index (χ1) is 10.1. The fourth-order valence-electron chi connectivity index (χ4n) is 2.39. The number of Topliss-reactive ketones (excluding diaryl/α,β-unsaturated/α-hetero) is 1. The maximum atomic E-state index is 12.6. The average Bonchev–Trinajstić information content (AvgIpc) is 2.50. The Labute approximate surface area is 136 Å². The lowest BCUT2D eigenvalue weighted by Gasteiger charge is -2.08. The number of ketones is 1. The maximum absolute atomic E-state index is 12.6. The fraction of sp³-hybridized carbons (Fsp3) is 0.0556. The molecule has 0 saturated heterocycles. The van der Waals surface area contributed by atoms with Crippen molar-refractivity contribution in [1.29, 1.82) is 0 Å². The molecule has 21 heavy (non-hydrogen) atoms. The van der Waals surface area contributed by atoms with E-state index in [4.69, 9.17) is 11.6 Å². The number of benzene rings is 3. The molecule has 0 aromatic heterocycles. The molecule has 0 bridgehead atoms. The monoisotopic (exact) mass is 358 g/mol. The summed E-state index contributed by atoms with van der Waals surface area (Å²) < 4.78 is 1.00. The minimum absolute atomic E-state index is 0.112. The molecule has 0 radical (unpaired) electrons. The highest BCUT2D eigenvalue weighted by Crippen LogP contribution is 2.27. The van der Waals surface area contributed by atoms with Gasteiger partial charge in [0.05, 0.1) is 0 Å². The Balaban J connectivity index is 1.98. The van der Waals surface area contributed by atoms with Crippen LogP contribution in [0, 0.1) is 0 Å². The summed E-state index contributed by atoms with van der Waals surface area (Å²) in [6.07, 6.45) is 0.378. The van der Waals surface area contributed by atoms with E-state index >= 15 is 0 Å². The minimum Gasteiger partial charge on any atom is -0.294 e. The summed E-state index contributed by atoms with van der Waals surface area (Å²) in [4.78, 5) is 12.6. The van der Waals surface area contributed by atoms with E-state index in [2.05, 4.69) is 15.9 Å². The maximum Gasteiger partial charge on any atom is 0.167 e. The van der Waals surface area contributed by atoms with Gasteiger partial charge in [-0.2, -0.15) is 0 Å². The van der Waals surface area contributed by atoms with Gasteiger partial charge in [-0.05, 0) is 40.6 Å². The Morgan fingerprint density at radius 1 is 0.905 bits per heavy atom. The summed E-state index contributed by atoms with van der Waals surface area (Å²) in [7, 11) is 0. The van der Waals surface area contributed by atoms with E-state index in [1.165, 1.54) is 0 Å². The molecule has 0 amide bonds. The molecule has 104 valence electrons. The van der Waals surface area contributed by atoms with Crippen molar-refractivity contribution >= 4 is 44.1 Å². The van der Waals surface area contributed by atoms with Crippen LogP contribution in [0.3, 0.4) is 0 Å². The Morgan fingerprint density at radius 3 is 2.29 bits per heavy atom. The predicted molar refractivity (Wildman–Crippen MR) is 91.1 cm³/mol. The van der Waals surface area contributed by atoms with Crippen LogP contribution in [0.25, 0.3) is 10.8 Å². The standard InChI is InChI=1S/C18H12BrClO/c19-17-10-9-16(14-3-1-2-4-15(14)17)18(21)11-12-5-7-13(20)8-6-12/h1-10H,11H2. The molecule has 1 nitrogen and oxygen atoms in total. The van der Waals surface area contributed by atoms with E-state index < -0.39 is 0 Å². The van der Waals surface area contributed by atoms with Gasteiger partial charge in [0.15, 0.2) is 5.78 Å². The third-order valence-electron chi connectivity index (χ3n) is 3.45. The molecule has 3 aromatic rings. The van der Waals surface area contributed by atoms with Gasteiger partial charge in [-0.25, -0.2) is 0 Å². The first kappa shape index (κ1) is 14.3. The molecular formula is C18H12BrClO. The summed E-state index contributed by atoms with van der Waals surface area (Å²) in [6, 6.07) is 19.1. The number of carbonyl (C=O) groups excluding carboxylic acids is 1. The largest absolute Gasteiger partial charge is 0.294 e. The number of hydrogen-bond acceptors (Lipinski definition) is 1. The van der Waals surface area contributed by atoms with E-state index in [0.29, 0.717) is 11.4 Å². The smallest absolute Gasteiger partial charge is 0.167 e. The third kappa shape index (κ3) is 3.02. The van der Waals surface area contributed by atoms with Gasteiger partial charge < -0.3 is 0 Å². The summed E-state index contributed by atoms with van der Waals surface area (Å²) in [6.45, 7) is 0. The van der Waals surface area contributed by atoms with Crippen molar-refractivity contribution in [3.63, 3.8) is 0 Å². The Morgan fingerprint density at radius 2 is 1.57 bits per heavy atom. The molecule has 0 aliphatic carbocycles. The molecule has 0 heterocycles. The number of carbonyl (C=O) groups is 1. The van der Waals surface area contributed by atoms with Crippen LogP contribution in [0.15, 0.2) is 65.1 Å². The lowest BCUT2D eigenvalue weighted by atomic mass is 9.97. The lowest BCUT2D eigenvalue weighted by molar-refractivity contribution is 0.0994. The van der Waals surface area contributed by atoms with Gasteiger partial charge >= 0.3 is 0 Å². The summed E-state index contributed by atoms with van der Waals surface area (Å²) in [5, 5.41) is 2.71. The van der Waals surface area contributed by atoms with Gasteiger partial charge in [-0.15, -0.1) is 0 Å². The molecule has 0 N–H and O–H groups in total. The van der Waals surface area contributed by atoms with Gasteiger partial charge in [0.25, 0.3) is 0 Å². The minimum atomic E-state index is 0.112. The second-order valence-electron chi connectivity index (χ2n) is 4.87. The van der Waals surface area contributed by atoms with Crippen molar-refractivity contribution in [2.45, 2.75) is 6.42 Å². The van der Waals surface area contributed by atoms with Crippen molar-refractivity contribution in [3.05, 3.63) is 81.3 Å². The summed E-state index contributed by atoms with van der Waals surface area (Å²) in [5.41, 5.74) is 1.72. The van der Waals surface area contributed by atoms with E-state index in [1.807, 2.05) is 60.7 Å². The molecular weight excluding hydrogens is 348 g/mol. The zero-order valence-corrected chi connectivity index (χ0v) is 13.5. The highest BCUT2D eigenvalue weighted by Gasteiger charge is 2.12. The summed E-state index contributed by atoms with van der Waals surface area (Å²) in [5.74, 6) is 0.112. The first-order valence-corrected chi connectivity index (χ1v) is 7.77. The number of fused-ring (bicyclic) bond motifs is 1. The highest BCUT2D eigenvalue weighted by molar-refractivity contribution is 9.10. The van der Waals surface area contributed by atoms with Crippen LogP contribution in [0.1, 0.15) is 15.9 Å². The highest BCUT2D eigenvalue weighted by atomic mass is 79.9. The van der Waals surface area contributed by atoms with E-state index in [1.54, 1.807) is 0 Å². The average molecular weight is 360 g/mol. The molecule has 0 atom stereocenters. The van der Waals surface area contributed by atoms with Crippen LogP contribution in [0.5, 0.6) is 0 Å². The first-order valence-electron chi connectivity index (χ1n) is 6.60. The molecule has 0 fully saturated rings. The number of hydrogen-bond donors (Lipinski definition) is 0. The number of rotatable bonds is 3. The Kier molecular flexibility index (Phi) is 4.09. The second kappa shape index (κ2) is 6.00. The molecule has 0 unspecified atom stereocenters. The van der Waals surface area contributed by atoms with Crippen molar-refractivity contribution in [2.24, 2.45) is 0 Å². The molecule has 3 heteroatoms. The molecule has 3 aromatic carbocycles. The Bertz CT molecular complexity index is 809. The normalized spacial score (nSPS) is 10.8. The molecule has 0 aliphatic heterocycles. The van der Waals surface area contributed by atoms with Crippen LogP contribution in [0.2, 0.25) is 5.02 Å². The van der Waals surface area contributed by atoms with E-state index in [-0.39, 0.29) is 5.78 Å². The van der Waals surface area contributed by atoms with Crippen molar-refractivity contribution in [2.75, 3.05) is 0 Å². The van der Waals surface area contributed by atoms with Crippen LogP contribution in [-0.2, 0) is 6.42 Å². The van der Waals surface area contributed by atoms with Crippen LogP contribution >= 0.6 is 27.5 Å². The zero-order valence-electron chi connectivity index (χ0n) is 11.1. The quantitative estimate of drug-likeness (QED) is 0.550. The van der Waals surface area contributed by atoms with Crippen molar-refractivity contribution in [1.82, 2.24) is 0 Å². The lowest BCUT2D eigenvalue weighted by Crippen LogP contribution is -2.04. The zero-order chi connectivity index (χ0) is 14.8. The van der Waals surface area contributed by atoms with Gasteiger partial charge in [-0.3, -0.25) is 4.79 Å². The van der Waals surface area contributed by atoms with E-state index in [0.717, 1.165) is 26.4 Å². The molecule has 0 spiro atoms. The molecule has 0 saturated carbocycles. The summed E-state index contributed by atoms with van der Waals surface area (Å²) >= 11 is 9.40. The topological polar surface area (TPSA) is 17.1 Å². The number of halogens is 2. The van der Waals surface area contributed by atoms with Gasteiger partial charge in [-0.1, -0.05) is 63.9 Å². The van der Waals surface area contributed by atoms with Crippen molar-refractivity contribution < 1.29 is 4.79 Å². The fourth-order valence-corrected chi connectivity index (χ4v) is 2.99. The van der Waals surface area contributed by atoms with Crippen LogP contribution < -0.4 is 0 Å². The van der Waals surface area contributed by atoms with Gasteiger partial charge in [0.2, 0.25) is 0 Å². The SMILES string of the molecule is O=C(Cc1ccc(Cl)cc1)c1ccc(Br)c2ccccc12. The molecule has 3 rings (SSSR count).